The fourth-order valence-corrected chi connectivity index (χ4v) is 0. The Morgan fingerprint density at radius 1 is 1.62 bits per heavy atom. The molecule has 0 atom stereocenters. The second kappa shape index (κ2) is 8.33. The fourth-order valence-electron chi connectivity index (χ4n) is 0. The summed E-state index contributed by atoms with van der Waals surface area (Å²) in [5, 5.41) is 7.89. The maximum atomic E-state index is 9.60. The fraction of sp³-hybridized carbons (Fsp3) is 0.250. The van der Waals surface area contributed by atoms with Crippen LogP contribution in [0.1, 0.15) is 6.92 Å². The smallest absolute Gasteiger partial charge is 1.00 e. The molecule has 0 spiro atoms. The summed E-state index contributed by atoms with van der Waals surface area (Å²) < 4.78 is 0. The number of hydrogen-bond donors (Lipinski definition) is 1. The first-order valence-corrected chi connectivity index (χ1v) is 1.53. The molecule has 8 heavy (non-hydrogen) atoms. The Hall–Kier alpha value is 1.33. The SMILES string of the molecule is C=C(C)C(=O)O.[Br-].[K+]. The average Bonchev–Trinajstić information content (AvgIpc) is 1.36. The Balaban J connectivity index is -0.000000125. The summed E-state index contributed by atoms with van der Waals surface area (Å²) in [6.45, 7) is 4.60. The van der Waals surface area contributed by atoms with Gasteiger partial charge in [-0.2, -0.15) is 0 Å². The molecule has 0 aromatic heterocycles. The van der Waals surface area contributed by atoms with E-state index in [1.54, 1.807) is 0 Å². The van der Waals surface area contributed by atoms with Gasteiger partial charge in [-0.15, -0.1) is 0 Å². The molecule has 0 saturated carbocycles. The Labute approximate surface area is 102 Å². The average molecular weight is 205 g/mol. The number of carbonyl (C=O) groups is 1. The third kappa shape index (κ3) is 10.3. The van der Waals surface area contributed by atoms with E-state index in [4.69, 9.17) is 5.11 Å². The molecule has 0 aliphatic rings. The molecule has 42 valence electrons. The van der Waals surface area contributed by atoms with Crippen LogP contribution in [0.25, 0.3) is 0 Å². The summed E-state index contributed by atoms with van der Waals surface area (Å²) in [7, 11) is 0. The molecule has 0 aromatic rings. The Morgan fingerprint density at radius 2 is 1.75 bits per heavy atom. The number of carboxylic acids is 1. The zero-order valence-electron chi connectivity index (χ0n) is 4.94. The number of halogens is 1. The molecule has 0 heterocycles. The molecule has 0 amide bonds. The van der Waals surface area contributed by atoms with Gasteiger partial charge in [0.2, 0.25) is 0 Å². The van der Waals surface area contributed by atoms with E-state index in [-0.39, 0.29) is 73.9 Å². The van der Waals surface area contributed by atoms with Crippen molar-refractivity contribution in [1.82, 2.24) is 0 Å². The molecule has 0 saturated heterocycles. The van der Waals surface area contributed by atoms with Gasteiger partial charge in [0.05, 0.1) is 0 Å². The van der Waals surface area contributed by atoms with Crippen molar-refractivity contribution in [3.63, 3.8) is 0 Å². The second-order valence-electron chi connectivity index (χ2n) is 1.09. The zero-order valence-corrected chi connectivity index (χ0v) is 9.65. The van der Waals surface area contributed by atoms with E-state index in [1.807, 2.05) is 0 Å². The number of rotatable bonds is 1. The Bertz CT molecular complexity index is 80.0. The number of carboxylic acid groups (broad SMARTS) is 1. The summed E-state index contributed by atoms with van der Waals surface area (Å²) in [4.78, 5) is 9.60. The van der Waals surface area contributed by atoms with Crippen LogP contribution in [0.15, 0.2) is 12.2 Å². The molecule has 4 heteroatoms. The van der Waals surface area contributed by atoms with Gasteiger partial charge in [0.25, 0.3) is 0 Å². The minimum Gasteiger partial charge on any atom is -1.00 e. The molecule has 0 aromatic carbocycles. The van der Waals surface area contributed by atoms with Crippen LogP contribution in [0.5, 0.6) is 0 Å². The third-order valence-electron chi connectivity index (χ3n) is 0.365. The van der Waals surface area contributed by atoms with Crippen LogP contribution in [0.4, 0.5) is 0 Å². The van der Waals surface area contributed by atoms with Crippen molar-refractivity contribution in [2.75, 3.05) is 0 Å². The van der Waals surface area contributed by atoms with Crippen molar-refractivity contribution in [2.45, 2.75) is 6.92 Å². The zero-order chi connectivity index (χ0) is 5.15. The first kappa shape index (κ1) is 16.2. The van der Waals surface area contributed by atoms with Crippen LogP contribution in [-0.2, 0) is 4.79 Å². The van der Waals surface area contributed by atoms with Crippen molar-refractivity contribution < 1.29 is 78.3 Å². The van der Waals surface area contributed by atoms with Crippen molar-refractivity contribution in [2.24, 2.45) is 0 Å². The summed E-state index contributed by atoms with van der Waals surface area (Å²) >= 11 is 0. The summed E-state index contributed by atoms with van der Waals surface area (Å²) in [6, 6.07) is 0. The van der Waals surface area contributed by atoms with Gasteiger partial charge in [-0.1, -0.05) is 6.58 Å². The van der Waals surface area contributed by atoms with E-state index in [9.17, 15) is 4.79 Å². The summed E-state index contributed by atoms with van der Waals surface area (Å²) in [5.74, 6) is -0.935. The van der Waals surface area contributed by atoms with E-state index in [0.29, 0.717) is 0 Å². The molecule has 0 fully saturated rings. The Morgan fingerprint density at radius 3 is 1.75 bits per heavy atom. The second-order valence-corrected chi connectivity index (χ2v) is 1.09. The van der Waals surface area contributed by atoms with Crippen LogP contribution < -0.4 is 68.4 Å². The normalized spacial score (nSPS) is 5.62. The maximum absolute atomic E-state index is 9.60. The number of aliphatic carboxylic acids is 1. The van der Waals surface area contributed by atoms with Gasteiger partial charge in [-0.05, 0) is 6.92 Å². The van der Waals surface area contributed by atoms with Gasteiger partial charge >= 0.3 is 57.4 Å². The molecule has 0 aliphatic carbocycles. The van der Waals surface area contributed by atoms with Crippen molar-refractivity contribution >= 4 is 5.97 Å². The van der Waals surface area contributed by atoms with E-state index in [0.717, 1.165) is 0 Å². The predicted octanol–water partition coefficient (Wildman–Crippen LogP) is -5.34. The van der Waals surface area contributed by atoms with Gasteiger partial charge in [0.1, 0.15) is 0 Å². The molecule has 0 aliphatic heterocycles. The van der Waals surface area contributed by atoms with Crippen LogP contribution in [0.3, 0.4) is 0 Å². The van der Waals surface area contributed by atoms with Crippen LogP contribution in [-0.4, -0.2) is 11.1 Å². The Kier molecular flexibility index (Phi) is 16.8. The van der Waals surface area contributed by atoms with E-state index < -0.39 is 5.97 Å². The van der Waals surface area contributed by atoms with Crippen molar-refractivity contribution in [1.29, 1.82) is 0 Å². The minimum absolute atomic E-state index is 0. The minimum atomic E-state index is -0.935. The first-order valence-electron chi connectivity index (χ1n) is 1.53. The maximum Gasteiger partial charge on any atom is 1.00 e. The van der Waals surface area contributed by atoms with Crippen LogP contribution >= 0.6 is 0 Å². The molecule has 0 rings (SSSR count). The van der Waals surface area contributed by atoms with Crippen LogP contribution in [0.2, 0.25) is 0 Å². The van der Waals surface area contributed by atoms with Gasteiger partial charge in [-0.25, -0.2) is 4.79 Å². The van der Waals surface area contributed by atoms with Gasteiger partial charge in [0, 0.05) is 5.57 Å². The number of hydrogen-bond acceptors (Lipinski definition) is 1. The standard InChI is InChI=1S/C4H6O2.BrH.K/c1-3(2)4(5)6;;/h1H2,2H3,(H,5,6);1H;/q;;+1/p-1. The third-order valence-corrected chi connectivity index (χ3v) is 0.365. The summed E-state index contributed by atoms with van der Waals surface area (Å²) in [6.07, 6.45) is 0. The van der Waals surface area contributed by atoms with E-state index >= 15 is 0 Å². The molecule has 2 nitrogen and oxygen atoms in total. The summed E-state index contributed by atoms with van der Waals surface area (Å²) in [5.41, 5.74) is 0.176. The largest absolute Gasteiger partial charge is 1.00 e. The van der Waals surface area contributed by atoms with Crippen LogP contribution in [0, 0.1) is 0 Å². The van der Waals surface area contributed by atoms with E-state index in [1.165, 1.54) is 6.92 Å². The molecule has 1 N–H and O–H groups in total. The molecule has 0 radical (unpaired) electrons. The predicted molar refractivity (Wildman–Crippen MR) is 22.4 cm³/mol. The van der Waals surface area contributed by atoms with Gasteiger partial charge in [-0.3, -0.25) is 0 Å². The van der Waals surface area contributed by atoms with Crippen molar-refractivity contribution in [3.8, 4) is 0 Å². The van der Waals surface area contributed by atoms with E-state index in [2.05, 4.69) is 6.58 Å². The monoisotopic (exact) mass is 204 g/mol. The molecular formula is C4H6BrKO2. The van der Waals surface area contributed by atoms with Gasteiger partial charge < -0.3 is 22.1 Å². The molecule has 0 unspecified atom stereocenters. The topological polar surface area (TPSA) is 37.3 Å². The van der Waals surface area contributed by atoms with Crippen molar-refractivity contribution in [3.05, 3.63) is 12.2 Å². The molecular weight excluding hydrogens is 199 g/mol. The quantitative estimate of drug-likeness (QED) is 0.343. The van der Waals surface area contributed by atoms with Gasteiger partial charge in [0.15, 0.2) is 0 Å². The molecule has 0 bridgehead atoms. The first-order chi connectivity index (χ1) is 2.64.